The van der Waals surface area contributed by atoms with Gasteiger partial charge in [-0.3, -0.25) is 4.79 Å². The molecule has 2 heterocycles. The van der Waals surface area contributed by atoms with E-state index in [-0.39, 0.29) is 18.6 Å². The van der Waals surface area contributed by atoms with Crippen LogP contribution < -0.4 is 4.74 Å². The summed E-state index contributed by atoms with van der Waals surface area (Å²) in [5.41, 5.74) is 1.03. The second-order valence-corrected chi connectivity index (χ2v) is 6.42. The maximum absolute atomic E-state index is 12.5. The highest BCUT2D eigenvalue weighted by Gasteiger charge is 2.30. The van der Waals surface area contributed by atoms with E-state index in [0.29, 0.717) is 0 Å². The number of amides is 1. The van der Waals surface area contributed by atoms with Crippen LogP contribution in [0.2, 0.25) is 0 Å². The molecule has 0 radical (unpaired) electrons. The summed E-state index contributed by atoms with van der Waals surface area (Å²) in [7, 11) is 0. The van der Waals surface area contributed by atoms with E-state index < -0.39 is 0 Å². The van der Waals surface area contributed by atoms with Crippen molar-refractivity contribution in [3.8, 4) is 5.75 Å². The molecule has 1 fully saturated rings. The molecule has 116 valence electrons. The van der Waals surface area contributed by atoms with Gasteiger partial charge in [0.1, 0.15) is 10.8 Å². The Labute approximate surface area is 134 Å². The van der Waals surface area contributed by atoms with Crippen LogP contribution in [-0.2, 0) is 4.79 Å². The predicted octanol–water partition coefficient (Wildman–Crippen LogP) is 3.58. The molecule has 1 aliphatic heterocycles. The standard InChI is InChI=1S/C17H20N2O2S/c1-13-12-22-17(18-13)15-9-5-6-10-19(15)16(20)11-21-14-7-3-2-4-8-14/h2-4,7-8,12,15H,5-6,9-11H2,1H3. The van der Waals surface area contributed by atoms with Gasteiger partial charge in [0.15, 0.2) is 6.61 Å². The van der Waals surface area contributed by atoms with Crippen molar-refractivity contribution in [3.05, 3.63) is 46.4 Å². The molecule has 4 nitrogen and oxygen atoms in total. The fourth-order valence-electron chi connectivity index (χ4n) is 2.76. The zero-order valence-electron chi connectivity index (χ0n) is 12.7. The van der Waals surface area contributed by atoms with E-state index in [9.17, 15) is 4.79 Å². The first kappa shape index (κ1) is 15.0. The molecule has 0 bridgehead atoms. The number of aromatic nitrogens is 1. The number of piperidine rings is 1. The van der Waals surface area contributed by atoms with Crippen LogP contribution in [0.3, 0.4) is 0 Å². The Balaban J connectivity index is 1.66. The fourth-order valence-corrected chi connectivity index (χ4v) is 3.70. The van der Waals surface area contributed by atoms with E-state index >= 15 is 0 Å². The third kappa shape index (κ3) is 3.47. The topological polar surface area (TPSA) is 42.4 Å². The van der Waals surface area contributed by atoms with Gasteiger partial charge in [-0.2, -0.15) is 0 Å². The second-order valence-electron chi connectivity index (χ2n) is 5.53. The summed E-state index contributed by atoms with van der Waals surface area (Å²) in [6.07, 6.45) is 3.19. The van der Waals surface area contributed by atoms with Gasteiger partial charge in [0.25, 0.3) is 5.91 Å². The van der Waals surface area contributed by atoms with Crippen LogP contribution in [0.15, 0.2) is 35.7 Å². The minimum Gasteiger partial charge on any atom is -0.484 e. The van der Waals surface area contributed by atoms with Gasteiger partial charge in [0, 0.05) is 17.6 Å². The number of carbonyl (C=O) groups is 1. The first-order valence-electron chi connectivity index (χ1n) is 7.63. The number of rotatable bonds is 4. The smallest absolute Gasteiger partial charge is 0.261 e. The molecule has 2 aromatic rings. The van der Waals surface area contributed by atoms with Crippen LogP contribution in [-0.4, -0.2) is 28.9 Å². The van der Waals surface area contributed by atoms with E-state index in [0.717, 1.165) is 42.3 Å². The molecule has 3 rings (SSSR count). The Morgan fingerprint density at radius 2 is 2.18 bits per heavy atom. The Morgan fingerprint density at radius 3 is 2.91 bits per heavy atom. The van der Waals surface area contributed by atoms with Gasteiger partial charge in [0.2, 0.25) is 0 Å². The zero-order valence-corrected chi connectivity index (χ0v) is 13.5. The van der Waals surface area contributed by atoms with Crippen LogP contribution >= 0.6 is 11.3 Å². The van der Waals surface area contributed by atoms with E-state index in [1.807, 2.05) is 47.5 Å². The molecule has 1 saturated heterocycles. The summed E-state index contributed by atoms with van der Waals surface area (Å²) in [6, 6.07) is 9.58. The molecular weight excluding hydrogens is 296 g/mol. The second kappa shape index (κ2) is 6.92. The molecule has 1 aromatic carbocycles. The molecule has 0 spiro atoms. The van der Waals surface area contributed by atoms with Crippen molar-refractivity contribution < 1.29 is 9.53 Å². The highest BCUT2D eigenvalue weighted by molar-refractivity contribution is 7.09. The van der Waals surface area contributed by atoms with Gasteiger partial charge < -0.3 is 9.64 Å². The monoisotopic (exact) mass is 316 g/mol. The van der Waals surface area contributed by atoms with Crippen molar-refractivity contribution in [3.63, 3.8) is 0 Å². The number of nitrogens with zero attached hydrogens (tertiary/aromatic N) is 2. The largest absolute Gasteiger partial charge is 0.484 e. The highest BCUT2D eigenvalue weighted by atomic mass is 32.1. The van der Waals surface area contributed by atoms with Crippen molar-refractivity contribution in [1.29, 1.82) is 0 Å². The number of hydrogen-bond acceptors (Lipinski definition) is 4. The number of thiazole rings is 1. The lowest BCUT2D eigenvalue weighted by atomic mass is 10.0. The van der Waals surface area contributed by atoms with Crippen LogP contribution in [0.1, 0.15) is 36.0 Å². The molecule has 0 N–H and O–H groups in total. The maximum Gasteiger partial charge on any atom is 0.261 e. The molecule has 1 atom stereocenters. The Morgan fingerprint density at radius 1 is 1.36 bits per heavy atom. The van der Waals surface area contributed by atoms with E-state index in [2.05, 4.69) is 4.98 Å². The van der Waals surface area contributed by atoms with Crippen LogP contribution in [0.25, 0.3) is 0 Å². The molecule has 1 unspecified atom stereocenters. The molecule has 22 heavy (non-hydrogen) atoms. The van der Waals surface area contributed by atoms with E-state index in [1.54, 1.807) is 11.3 Å². The van der Waals surface area contributed by atoms with Gasteiger partial charge in [-0.1, -0.05) is 18.2 Å². The summed E-state index contributed by atoms with van der Waals surface area (Å²) < 4.78 is 5.60. The first-order chi connectivity index (χ1) is 10.7. The molecule has 1 aliphatic rings. The zero-order chi connectivity index (χ0) is 15.4. The minimum absolute atomic E-state index is 0.0430. The lowest BCUT2D eigenvalue weighted by Crippen LogP contribution is -2.41. The van der Waals surface area contributed by atoms with Gasteiger partial charge in [-0.15, -0.1) is 11.3 Å². The minimum atomic E-state index is 0.0430. The van der Waals surface area contributed by atoms with Gasteiger partial charge in [-0.05, 0) is 38.3 Å². The summed E-state index contributed by atoms with van der Waals surface area (Å²) in [6.45, 7) is 2.87. The highest BCUT2D eigenvalue weighted by Crippen LogP contribution is 2.32. The quantitative estimate of drug-likeness (QED) is 0.866. The number of aryl methyl sites for hydroxylation is 1. The number of para-hydroxylation sites is 1. The van der Waals surface area contributed by atoms with Gasteiger partial charge >= 0.3 is 0 Å². The SMILES string of the molecule is Cc1csc(C2CCCCN2C(=O)COc2ccccc2)n1. The van der Waals surface area contributed by atoms with Crippen molar-refractivity contribution >= 4 is 17.2 Å². The van der Waals surface area contributed by atoms with Crippen molar-refractivity contribution in [1.82, 2.24) is 9.88 Å². The summed E-state index contributed by atoms with van der Waals surface area (Å²) in [4.78, 5) is 19.0. The molecule has 1 aromatic heterocycles. The lowest BCUT2D eigenvalue weighted by Gasteiger charge is -2.34. The molecule has 0 saturated carbocycles. The summed E-state index contributed by atoms with van der Waals surface area (Å²) >= 11 is 1.65. The van der Waals surface area contributed by atoms with E-state index in [1.165, 1.54) is 0 Å². The molecule has 1 amide bonds. The third-order valence-corrected chi connectivity index (χ3v) is 4.91. The first-order valence-corrected chi connectivity index (χ1v) is 8.51. The molecule has 5 heteroatoms. The Kier molecular flexibility index (Phi) is 4.73. The molecule has 0 aliphatic carbocycles. The fraction of sp³-hybridized carbons (Fsp3) is 0.412. The predicted molar refractivity (Wildman–Crippen MR) is 87.1 cm³/mol. The van der Waals surface area contributed by atoms with E-state index in [4.69, 9.17) is 4.74 Å². The third-order valence-electron chi connectivity index (χ3n) is 3.85. The van der Waals surface area contributed by atoms with Crippen LogP contribution in [0, 0.1) is 6.92 Å². The summed E-state index contributed by atoms with van der Waals surface area (Å²) in [5, 5.41) is 3.10. The Hall–Kier alpha value is -1.88. The van der Waals surface area contributed by atoms with Crippen molar-refractivity contribution in [2.45, 2.75) is 32.2 Å². The van der Waals surface area contributed by atoms with Crippen LogP contribution in [0.5, 0.6) is 5.75 Å². The molecular formula is C17H20N2O2S. The average molecular weight is 316 g/mol. The number of benzene rings is 1. The number of ether oxygens (including phenoxy) is 1. The summed E-state index contributed by atoms with van der Waals surface area (Å²) in [5.74, 6) is 0.774. The number of likely N-dealkylation sites (tertiary alicyclic amines) is 1. The number of hydrogen-bond donors (Lipinski definition) is 0. The number of carbonyl (C=O) groups excluding carboxylic acids is 1. The maximum atomic E-state index is 12.5. The van der Waals surface area contributed by atoms with Crippen molar-refractivity contribution in [2.75, 3.05) is 13.2 Å². The Bertz CT molecular complexity index is 627. The van der Waals surface area contributed by atoms with Crippen molar-refractivity contribution in [2.24, 2.45) is 0 Å². The lowest BCUT2D eigenvalue weighted by molar-refractivity contribution is -0.137. The van der Waals surface area contributed by atoms with Crippen LogP contribution in [0.4, 0.5) is 0 Å². The van der Waals surface area contributed by atoms with Gasteiger partial charge in [-0.25, -0.2) is 4.98 Å². The average Bonchev–Trinajstić information content (AvgIpc) is 3.00. The normalized spacial score (nSPS) is 18.2. The van der Waals surface area contributed by atoms with Gasteiger partial charge in [0.05, 0.1) is 6.04 Å².